The van der Waals surface area contributed by atoms with E-state index in [4.69, 9.17) is 5.73 Å². The zero-order valence-electron chi connectivity index (χ0n) is 11.0. The predicted molar refractivity (Wildman–Crippen MR) is 76.8 cm³/mol. The largest absolute Gasteiger partial charge is 0.337 e. The van der Waals surface area contributed by atoms with Gasteiger partial charge in [0.25, 0.3) is 5.91 Å². The molecule has 1 aromatic carbocycles. The van der Waals surface area contributed by atoms with Crippen molar-refractivity contribution in [3.05, 3.63) is 35.4 Å². The molecule has 1 heterocycles. The predicted octanol–water partition coefficient (Wildman–Crippen LogP) is 1.87. The van der Waals surface area contributed by atoms with Crippen molar-refractivity contribution in [1.29, 1.82) is 0 Å². The minimum absolute atomic E-state index is 0. The molecule has 1 aliphatic heterocycles. The van der Waals surface area contributed by atoms with Crippen LogP contribution in [0.2, 0.25) is 0 Å². The minimum Gasteiger partial charge on any atom is -0.337 e. The zero-order chi connectivity index (χ0) is 13.1. The molecule has 2 N–H and O–H groups in total. The van der Waals surface area contributed by atoms with Gasteiger partial charge in [-0.3, -0.25) is 9.59 Å². The van der Waals surface area contributed by atoms with Gasteiger partial charge in [0.1, 0.15) is 0 Å². The summed E-state index contributed by atoms with van der Waals surface area (Å²) < 4.78 is 0. The van der Waals surface area contributed by atoms with E-state index < -0.39 is 0 Å². The molecular formula is C14H19ClN2O2. The van der Waals surface area contributed by atoms with E-state index in [0.29, 0.717) is 24.1 Å². The first-order valence-electron chi connectivity index (χ1n) is 6.30. The molecular weight excluding hydrogens is 264 g/mol. The van der Waals surface area contributed by atoms with E-state index in [9.17, 15) is 9.59 Å². The van der Waals surface area contributed by atoms with Gasteiger partial charge in [-0.2, -0.15) is 0 Å². The Balaban J connectivity index is 0.00000180. The lowest BCUT2D eigenvalue weighted by atomic mass is 10.1. The summed E-state index contributed by atoms with van der Waals surface area (Å²) in [5.41, 5.74) is 7.07. The van der Waals surface area contributed by atoms with Gasteiger partial charge in [0, 0.05) is 36.7 Å². The highest BCUT2D eigenvalue weighted by Gasteiger charge is 2.24. The van der Waals surface area contributed by atoms with E-state index >= 15 is 0 Å². The van der Waals surface area contributed by atoms with Crippen LogP contribution in [-0.4, -0.2) is 35.7 Å². The Bertz CT molecular complexity index is 459. The first-order valence-corrected chi connectivity index (χ1v) is 6.30. The molecule has 1 aliphatic rings. The quantitative estimate of drug-likeness (QED) is 0.861. The fourth-order valence-electron chi connectivity index (χ4n) is 2.16. The molecule has 1 atom stereocenters. The molecule has 0 radical (unpaired) electrons. The van der Waals surface area contributed by atoms with E-state index in [0.717, 1.165) is 13.0 Å². The average Bonchev–Trinajstić information content (AvgIpc) is 2.84. The van der Waals surface area contributed by atoms with Crippen LogP contribution >= 0.6 is 12.4 Å². The molecule has 0 spiro atoms. The van der Waals surface area contributed by atoms with Crippen molar-refractivity contribution in [3.63, 3.8) is 0 Å². The molecule has 1 saturated heterocycles. The van der Waals surface area contributed by atoms with Crippen molar-refractivity contribution in [1.82, 2.24) is 4.90 Å². The molecule has 0 aromatic heterocycles. The number of hydrogen-bond donors (Lipinski definition) is 1. The molecule has 0 saturated carbocycles. The van der Waals surface area contributed by atoms with Crippen LogP contribution in [0.1, 0.15) is 40.5 Å². The maximum absolute atomic E-state index is 12.1. The van der Waals surface area contributed by atoms with E-state index in [1.54, 1.807) is 29.2 Å². The average molecular weight is 283 g/mol. The van der Waals surface area contributed by atoms with Crippen molar-refractivity contribution >= 4 is 24.1 Å². The van der Waals surface area contributed by atoms with Crippen LogP contribution in [-0.2, 0) is 0 Å². The van der Waals surface area contributed by atoms with Crippen LogP contribution in [0.25, 0.3) is 0 Å². The summed E-state index contributed by atoms with van der Waals surface area (Å²) in [6.07, 6.45) is 1.34. The Kier molecular flexibility index (Phi) is 5.51. The summed E-state index contributed by atoms with van der Waals surface area (Å²) in [7, 11) is 0. The summed E-state index contributed by atoms with van der Waals surface area (Å²) in [5, 5.41) is 0. The standard InChI is InChI=1S/C14H18N2O2.ClH/c1-2-13(17)10-3-5-11(6-4-10)14(18)16-8-7-12(15)9-16;/h3-6,12H,2,7-9,15H2,1H3;1H/t12-;/m1./s1. The Morgan fingerprint density at radius 2 is 1.84 bits per heavy atom. The Morgan fingerprint density at radius 3 is 2.32 bits per heavy atom. The number of halogens is 1. The van der Waals surface area contributed by atoms with Crippen molar-refractivity contribution in [2.75, 3.05) is 13.1 Å². The van der Waals surface area contributed by atoms with Gasteiger partial charge in [0.2, 0.25) is 0 Å². The SMILES string of the molecule is CCC(=O)c1ccc(C(=O)N2CC[C@@H](N)C2)cc1.Cl. The van der Waals surface area contributed by atoms with E-state index in [-0.39, 0.29) is 30.1 Å². The first-order chi connectivity index (χ1) is 8.61. The molecule has 2 rings (SSSR count). The fourth-order valence-corrected chi connectivity index (χ4v) is 2.16. The van der Waals surface area contributed by atoms with Gasteiger partial charge in [0.15, 0.2) is 5.78 Å². The second-order valence-electron chi connectivity index (χ2n) is 4.65. The van der Waals surface area contributed by atoms with Gasteiger partial charge in [-0.25, -0.2) is 0 Å². The van der Waals surface area contributed by atoms with Crippen molar-refractivity contribution < 1.29 is 9.59 Å². The lowest BCUT2D eigenvalue weighted by molar-refractivity contribution is 0.0790. The fraction of sp³-hybridized carbons (Fsp3) is 0.429. The number of Topliss-reactive ketones (excluding diaryl/α,β-unsaturated/α-hetero) is 1. The number of benzene rings is 1. The second kappa shape index (κ2) is 6.68. The molecule has 0 aliphatic carbocycles. The number of nitrogens with two attached hydrogens (primary N) is 1. The van der Waals surface area contributed by atoms with Gasteiger partial charge in [0.05, 0.1) is 0 Å². The monoisotopic (exact) mass is 282 g/mol. The molecule has 4 nitrogen and oxygen atoms in total. The normalized spacial score (nSPS) is 18.0. The van der Waals surface area contributed by atoms with Gasteiger partial charge in [-0.1, -0.05) is 19.1 Å². The minimum atomic E-state index is -0.00144. The third-order valence-corrected chi connectivity index (χ3v) is 3.29. The van der Waals surface area contributed by atoms with Gasteiger partial charge in [-0.15, -0.1) is 12.4 Å². The Morgan fingerprint density at radius 1 is 1.26 bits per heavy atom. The number of carbonyl (C=O) groups excluding carboxylic acids is 2. The molecule has 1 fully saturated rings. The summed E-state index contributed by atoms with van der Waals surface area (Å²) >= 11 is 0. The van der Waals surface area contributed by atoms with Crippen molar-refractivity contribution in [3.8, 4) is 0 Å². The summed E-state index contributed by atoms with van der Waals surface area (Å²) in [5.74, 6) is 0.0932. The van der Waals surface area contributed by atoms with E-state index in [2.05, 4.69) is 0 Å². The number of likely N-dealkylation sites (tertiary alicyclic amines) is 1. The maximum atomic E-state index is 12.1. The van der Waals surface area contributed by atoms with Crippen LogP contribution in [0.15, 0.2) is 24.3 Å². The topological polar surface area (TPSA) is 63.4 Å². The van der Waals surface area contributed by atoms with E-state index in [1.165, 1.54) is 0 Å². The Hall–Kier alpha value is -1.39. The third kappa shape index (κ3) is 3.55. The van der Waals surface area contributed by atoms with Gasteiger partial charge in [-0.05, 0) is 18.6 Å². The molecule has 19 heavy (non-hydrogen) atoms. The van der Waals surface area contributed by atoms with E-state index in [1.807, 2.05) is 6.92 Å². The first kappa shape index (κ1) is 15.7. The van der Waals surface area contributed by atoms with Crippen LogP contribution in [0.4, 0.5) is 0 Å². The number of nitrogens with zero attached hydrogens (tertiary/aromatic N) is 1. The highest BCUT2D eigenvalue weighted by Crippen LogP contribution is 2.14. The van der Waals surface area contributed by atoms with Crippen molar-refractivity contribution in [2.45, 2.75) is 25.8 Å². The molecule has 0 unspecified atom stereocenters. The Labute approximate surface area is 119 Å². The molecule has 5 heteroatoms. The van der Waals surface area contributed by atoms with Crippen LogP contribution in [0.3, 0.4) is 0 Å². The van der Waals surface area contributed by atoms with Gasteiger partial charge < -0.3 is 10.6 Å². The molecule has 1 aromatic rings. The number of ketones is 1. The van der Waals surface area contributed by atoms with Crippen LogP contribution < -0.4 is 5.73 Å². The van der Waals surface area contributed by atoms with Gasteiger partial charge >= 0.3 is 0 Å². The lowest BCUT2D eigenvalue weighted by Crippen LogP contribution is -2.31. The highest BCUT2D eigenvalue weighted by molar-refractivity contribution is 5.98. The van der Waals surface area contributed by atoms with Crippen molar-refractivity contribution in [2.24, 2.45) is 5.73 Å². The number of carbonyl (C=O) groups is 2. The molecule has 1 amide bonds. The van der Waals surface area contributed by atoms with Crippen LogP contribution in [0, 0.1) is 0 Å². The van der Waals surface area contributed by atoms with Crippen LogP contribution in [0.5, 0.6) is 0 Å². The smallest absolute Gasteiger partial charge is 0.253 e. The summed E-state index contributed by atoms with van der Waals surface area (Å²) in [4.78, 5) is 25.4. The second-order valence-corrected chi connectivity index (χ2v) is 4.65. The number of rotatable bonds is 3. The lowest BCUT2D eigenvalue weighted by Gasteiger charge is -2.15. The zero-order valence-corrected chi connectivity index (χ0v) is 11.8. The highest BCUT2D eigenvalue weighted by atomic mass is 35.5. The summed E-state index contributed by atoms with van der Waals surface area (Å²) in [6, 6.07) is 6.96. The number of amides is 1. The molecule has 0 bridgehead atoms. The summed E-state index contributed by atoms with van der Waals surface area (Å²) in [6.45, 7) is 3.16. The molecule has 104 valence electrons. The maximum Gasteiger partial charge on any atom is 0.253 e. The third-order valence-electron chi connectivity index (χ3n) is 3.29. The number of hydrogen-bond acceptors (Lipinski definition) is 3.